The van der Waals surface area contributed by atoms with Gasteiger partial charge >= 0.3 is 0 Å². The summed E-state index contributed by atoms with van der Waals surface area (Å²) in [5.41, 5.74) is 1.18. The summed E-state index contributed by atoms with van der Waals surface area (Å²) in [6.45, 7) is 7.79. The van der Waals surface area contributed by atoms with E-state index in [1.54, 1.807) is 49.4 Å². The molecule has 3 heterocycles. The molecule has 2 aromatic heterocycles. The Morgan fingerprint density at radius 2 is 1.98 bits per heavy atom. The van der Waals surface area contributed by atoms with Crippen molar-refractivity contribution in [2.45, 2.75) is 30.0 Å². The van der Waals surface area contributed by atoms with E-state index in [-0.39, 0.29) is 23.1 Å². The number of benzene rings is 2. The van der Waals surface area contributed by atoms with Crippen molar-refractivity contribution in [3.8, 4) is 11.5 Å². The van der Waals surface area contributed by atoms with Gasteiger partial charge in [-0.05, 0) is 61.4 Å². The average molecular weight is 659 g/mol. The molecule has 0 saturated heterocycles. The van der Waals surface area contributed by atoms with Gasteiger partial charge in [0.25, 0.3) is 5.91 Å². The summed E-state index contributed by atoms with van der Waals surface area (Å²) >= 11 is 14.8. The summed E-state index contributed by atoms with van der Waals surface area (Å²) in [5, 5.41) is 20.8. The van der Waals surface area contributed by atoms with Crippen molar-refractivity contribution in [1.29, 1.82) is 0 Å². The van der Waals surface area contributed by atoms with E-state index >= 15 is 0 Å². The molecular formula is C30H25Cl2N3O6S2. The minimum atomic E-state index is -1.06. The van der Waals surface area contributed by atoms with Crippen LogP contribution in [0.5, 0.6) is 11.5 Å². The third-order valence-corrected chi connectivity index (χ3v) is 9.02. The topological polar surface area (TPSA) is 115 Å². The van der Waals surface area contributed by atoms with Gasteiger partial charge in [0.2, 0.25) is 10.9 Å². The van der Waals surface area contributed by atoms with Gasteiger partial charge in [0.05, 0.1) is 18.2 Å². The first kappa shape index (κ1) is 30.7. The number of halogens is 2. The average Bonchev–Trinajstić information content (AvgIpc) is 3.70. The van der Waals surface area contributed by atoms with Crippen molar-refractivity contribution in [2.24, 2.45) is 0 Å². The number of aryl methyl sites for hydroxylation is 1. The lowest BCUT2D eigenvalue weighted by atomic mass is 9.95. The van der Waals surface area contributed by atoms with Crippen LogP contribution in [0.15, 0.2) is 81.3 Å². The first-order chi connectivity index (χ1) is 20.7. The van der Waals surface area contributed by atoms with E-state index in [0.29, 0.717) is 49.6 Å². The summed E-state index contributed by atoms with van der Waals surface area (Å²) in [5.74, 6) is -0.293. The number of hydrogen-bond donors (Lipinski definition) is 1. The molecule has 5 rings (SSSR count). The van der Waals surface area contributed by atoms with Crippen LogP contribution in [-0.4, -0.2) is 40.2 Å². The molecule has 9 nitrogen and oxygen atoms in total. The highest BCUT2D eigenvalue weighted by molar-refractivity contribution is 8.00. The molecule has 1 unspecified atom stereocenters. The summed E-state index contributed by atoms with van der Waals surface area (Å²) in [6.07, 6.45) is 1.61. The molecule has 0 saturated carbocycles. The molecule has 1 aliphatic rings. The number of furan rings is 1. The van der Waals surface area contributed by atoms with Crippen LogP contribution in [0.4, 0.5) is 5.13 Å². The minimum absolute atomic E-state index is 0.0111. The van der Waals surface area contributed by atoms with Crippen LogP contribution in [0.2, 0.25) is 10.0 Å². The number of anilines is 1. The van der Waals surface area contributed by atoms with Gasteiger partial charge in [-0.25, -0.2) is 0 Å². The van der Waals surface area contributed by atoms with Gasteiger partial charge in [0.15, 0.2) is 27.4 Å². The number of aromatic nitrogens is 2. The normalized spacial score (nSPS) is 14.8. The maximum atomic E-state index is 13.7. The monoisotopic (exact) mass is 657 g/mol. The largest absolute Gasteiger partial charge is 0.503 e. The SMILES string of the molecule is C=CCOc1ccc(C2C(C(=O)c3ccc(C)o3)=C(O)C(=O)N2c2nnc(SCc3ccc(Cl)cc3Cl)s2)cc1OCC. The Labute approximate surface area is 265 Å². The van der Waals surface area contributed by atoms with Crippen LogP contribution >= 0.6 is 46.3 Å². The minimum Gasteiger partial charge on any atom is -0.503 e. The lowest BCUT2D eigenvalue weighted by Crippen LogP contribution is -2.31. The Kier molecular flexibility index (Phi) is 9.46. The van der Waals surface area contributed by atoms with E-state index in [9.17, 15) is 14.7 Å². The number of ether oxygens (including phenoxy) is 2. The number of rotatable bonds is 12. The molecule has 4 aromatic rings. The number of Topliss-reactive ketones (excluding diaryl/α,β-unsaturated/α-hetero) is 1. The van der Waals surface area contributed by atoms with E-state index in [1.807, 2.05) is 13.0 Å². The summed E-state index contributed by atoms with van der Waals surface area (Å²) in [7, 11) is 0. The van der Waals surface area contributed by atoms with Gasteiger partial charge in [-0.15, -0.1) is 10.2 Å². The number of carbonyl (C=O) groups is 2. The molecular weight excluding hydrogens is 633 g/mol. The molecule has 1 amide bonds. The highest BCUT2D eigenvalue weighted by Gasteiger charge is 2.47. The van der Waals surface area contributed by atoms with Crippen LogP contribution in [0.1, 0.15) is 40.4 Å². The van der Waals surface area contributed by atoms with Crippen molar-refractivity contribution < 1.29 is 28.6 Å². The highest BCUT2D eigenvalue weighted by Crippen LogP contribution is 2.45. The molecule has 1 N–H and O–H groups in total. The Morgan fingerprint density at radius 1 is 1.16 bits per heavy atom. The molecule has 222 valence electrons. The zero-order valence-corrected chi connectivity index (χ0v) is 26.1. The predicted octanol–water partition coefficient (Wildman–Crippen LogP) is 7.79. The number of amides is 1. The second-order valence-electron chi connectivity index (χ2n) is 9.19. The van der Waals surface area contributed by atoms with Crippen molar-refractivity contribution in [1.82, 2.24) is 10.2 Å². The molecule has 0 spiro atoms. The van der Waals surface area contributed by atoms with Gasteiger partial charge in [0, 0.05) is 15.8 Å². The van der Waals surface area contributed by atoms with Gasteiger partial charge in [0.1, 0.15) is 12.4 Å². The fraction of sp³-hybridized carbons (Fsp3) is 0.200. The second kappa shape index (κ2) is 13.3. The molecule has 2 aromatic carbocycles. The van der Waals surface area contributed by atoms with Crippen molar-refractivity contribution in [3.05, 3.63) is 105 Å². The van der Waals surface area contributed by atoms with Crippen molar-refractivity contribution in [3.63, 3.8) is 0 Å². The predicted molar refractivity (Wildman–Crippen MR) is 167 cm³/mol. The van der Waals surface area contributed by atoms with E-state index in [1.165, 1.54) is 22.7 Å². The smallest absolute Gasteiger partial charge is 0.296 e. The van der Waals surface area contributed by atoms with E-state index in [4.69, 9.17) is 37.1 Å². The Bertz CT molecular complexity index is 1730. The fourth-order valence-corrected chi connectivity index (χ4v) is 6.83. The number of aliphatic hydroxyl groups is 1. The van der Waals surface area contributed by atoms with Crippen molar-refractivity contribution >= 4 is 63.1 Å². The Morgan fingerprint density at radius 3 is 2.67 bits per heavy atom. The van der Waals surface area contributed by atoms with Gasteiger partial charge in [-0.2, -0.15) is 0 Å². The van der Waals surface area contributed by atoms with Crippen LogP contribution in [0.25, 0.3) is 0 Å². The maximum Gasteiger partial charge on any atom is 0.296 e. The molecule has 0 aliphatic carbocycles. The van der Waals surface area contributed by atoms with E-state index in [2.05, 4.69) is 16.8 Å². The Balaban J connectivity index is 1.53. The van der Waals surface area contributed by atoms with Gasteiger partial charge in [-0.1, -0.05) is 71.1 Å². The molecule has 13 heteroatoms. The van der Waals surface area contributed by atoms with Crippen molar-refractivity contribution in [2.75, 3.05) is 18.1 Å². The van der Waals surface area contributed by atoms with Crippen LogP contribution in [0.3, 0.4) is 0 Å². The lowest BCUT2D eigenvalue weighted by molar-refractivity contribution is -0.117. The zero-order valence-electron chi connectivity index (χ0n) is 23.0. The quantitative estimate of drug-likeness (QED) is 0.0705. The van der Waals surface area contributed by atoms with Crippen LogP contribution in [-0.2, 0) is 10.5 Å². The molecule has 0 fully saturated rings. The number of aliphatic hydroxyl groups excluding tert-OH is 1. The van der Waals surface area contributed by atoms with E-state index in [0.717, 1.165) is 16.9 Å². The van der Waals surface area contributed by atoms with Crippen LogP contribution < -0.4 is 14.4 Å². The summed E-state index contributed by atoms with van der Waals surface area (Å²) in [6, 6.07) is 12.4. The zero-order chi connectivity index (χ0) is 30.7. The number of carbonyl (C=O) groups excluding carboxylic acids is 2. The maximum absolute atomic E-state index is 13.7. The Hall–Kier alpha value is -3.77. The van der Waals surface area contributed by atoms with E-state index < -0.39 is 23.5 Å². The third kappa shape index (κ3) is 6.45. The number of nitrogens with zero attached hydrogens (tertiary/aromatic N) is 3. The highest BCUT2D eigenvalue weighted by atomic mass is 35.5. The molecule has 1 aliphatic heterocycles. The first-order valence-electron chi connectivity index (χ1n) is 13.0. The molecule has 1 atom stereocenters. The summed E-state index contributed by atoms with van der Waals surface area (Å²) in [4.78, 5) is 28.6. The van der Waals surface area contributed by atoms with Gasteiger partial charge in [-0.3, -0.25) is 14.5 Å². The number of hydrogen-bond acceptors (Lipinski definition) is 10. The third-order valence-electron chi connectivity index (χ3n) is 6.33. The second-order valence-corrected chi connectivity index (χ2v) is 12.2. The molecule has 43 heavy (non-hydrogen) atoms. The number of ketones is 1. The van der Waals surface area contributed by atoms with Gasteiger partial charge < -0.3 is 19.0 Å². The van der Waals surface area contributed by atoms with Crippen LogP contribution in [0, 0.1) is 6.92 Å². The fourth-order valence-electron chi connectivity index (χ4n) is 4.41. The standard InChI is InChI=1S/C30H25Cl2N3O6S2/c1-4-12-40-21-11-8-17(13-23(21)39-5-2)25-24(26(36)22-10-6-16(3)41-22)27(37)28(38)35(25)29-33-34-30(43-29)42-15-18-7-9-19(31)14-20(18)32/h4,6-11,13-14,25,37H,1,5,12,15H2,2-3H3. The first-order valence-corrected chi connectivity index (χ1v) is 15.6. The lowest BCUT2D eigenvalue weighted by Gasteiger charge is -2.24. The summed E-state index contributed by atoms with van der Waals surface area (Å²) < 4.78 is 17.7. The molecule has 0 radical (unpaired) electrons. The molecule has 0 bridgehead atoms. The number of thioether (sulfide) groups is 1.